The number of benzene rings is 2. The number of aromatic nitrogens is 1. The number of nitrogens with one attached hydrogen (secondary N) is 2. The van der Waals surface area contributed by atoms with Crippen LogP contribution in [-0.4, -0.2) is 10.9 Å². The summed E-state index contributed by atoms with van der Waals surface area (Å²) in [5.74, 6) is 0.102. The number of aryl methyl sites for hydroxylation is 2. The van der Waals surface area contributed by atoms with Crippen LogP contribution in [-0.2, 0) is 6.18 Å². The van der Waals surface area contributed by atoms with E-state index >= 15 is 0 Å². The van der Waals surface area contributed by atoms with Gasteiger partial charge in [-0.25, -0.2) is 4.98 Å². The predicted octanol–water partition coefficient (Wildman–Crippen LogP) is 5.71. The lowest BCUT2D eigenvalue weighted by molar-refractivity contribution is -0.137. The van der Waals surface area contributed by atoms with Gasteiger partial charge in [0.25, 0.3) is 5.91 Å². The normalized spacial score (nSPS) is 11.2. The number of hydrogen-bond donors (Lipinski definition) is 2. The van der Waals surface area contributed by atoms with Gasteiger partial charge in [0.1, 0.15) is 5.82 Å². The molecule has 7 heteroatoms. The van der Waals surface area contributed by atoms with Gasteiger partial charge < -0.3 is 10.6 Å². The van der Waals surface area contributed by atoms with Crippen molar-refractivity contribution < 1.29 is 18.0 Å². The van der Waals surface area contributed by atoms with E-state index < -0.39 is 17.6 Å². The first-order valence-corrected chi connectivity index (χ1v) is 8.51. The molecule has 1 amide bonds. The third-order valence-corrected chi connectivity index (χ3v) is 4.14. The fourth-order valence-electron chi connectivity index (χ4n) is 2.65. The molecule has 0 radical (unpaired) electrons. The Kier molecular flexibility index (Phi) is 5.35. The van der Waals surface area contributed by atoms with Gasteiger partial charge in [-0.1, -0.05) is 17.7 Å². The van der Waals surface area contributed by atoms with Gasteiger partial charge in [0.05, 0.1) is 17.4 Å². The first kappa shape index (κ1) is 19.4. The van der Waals surface area contributed by atoms with Crippen molar-refractivity contribution in [3.63, 3.8) is 0 Å². The summed E-state index contributed by atoms with van der Waals surface area (Å²) in [5.41, 5.74) is 2.95. The van der Waals surface area contributed by atoms with Gasteiger partial charge >= 0.3 is 6.18 Å². The fraction of sp³-hybridized carbons (Fsp3) is 0.143. The molecule has 2 aromatic carbocycles. The zero-order chi connectivity index (χ0) is 20.3. The number of carbonyl (C=O) groups is 1. The smallest absolute Gasteiger partial charge is 0.340 e. The number of carbonyl (C=O) groups excluding carboxylic acids is 1. The molecule has 0 atom stereocenters. The Hall–Kier alpha value is -3.35. The quantitative estimate of drug-likeness (QED) is 0.605. The first-order chi connectivity index (χ1) is 13.2. The molecule has 3 aromatic rings. The molecule has 0 fully saturated rings. The third-order valence-electron chi connectivity index (χ3n) is 4.14. The van der Waals surface area contributed by atoms with Crippen molar-refractivity contribution in [1.29, 1.82) is 0 Å². The van der Waals surface area contributed by atoms with Crippen LogP contribution < -0.4 is 10.6 Å². The number of alkyl halides is 3. The van der Waals surface area contributed by atoms with Gasteiger partial charge in [-0.15, -0.1) is 0 Å². The maximum absolute atomic E-state index is 12.6. The van der Waals surface area contributed by atoms with E-state index in [2.05, 4.69) is 21.7 Å². The molecule has 0 bridgehead atoms. The summed E-state index contributed by atoms with van der Waals surface area (Å²) in [7, 11) is 0. The van der Waals surface area contributed by atoms with Crippen molar-refractivity contribution in [1.82, 2.24) is 4.98 Å². The number of halogens is 3. The molecule has 0 saturated heterocycles. The van der Waals surface area contributed by atoms with Crippen molar-refractivity contribution in [2.45, 2.75) is 20.0 Å². The van der Waals surface area contributed by atoms with E-state index in [1.165, 1.54) is 6.20 Å². The van der Waals surface area contributed by atoms with E-state index in [1.807, 2.05) is 26.0 Å². The van der Waals surface area contributed by atoms with Gasteiger partial charge in [0.2, 0.25) is 0 Å². The molecule has 0 aliphatic heterocycles. The molecule has 4 nitrogen and oxygen atoms in total. The summed E-state index contributed by atoms with van der Waals surface area (Å²) >= 11 is 0. The van der Waals surface area contributed by atoms with Gasteiger partial charge in [0.15, 0.2) is 0 Å². The average Bonchev–Trinajstić information content (AvgIpc) is 2.65. The zero-order valence-electron chi connectivity index (χ0n) is 15.3. The third kappa shape index (κ3) is 4.68. The van der Waals surface area contributed by atoms with Crippen molar-refractivity contribution in [3.8, 4) is 0 Å². The van der Waals surface area contributed by atoms with E-state index in [9.17, 15) is 18.0 Å². The number of amides is 1. The maximum Gasteiger partial charge on any atom is 0.416 e. The van der Waals surface area contributed by atoms with Gasteiger partial charge in [-0.3, -0.25) is 4.79 Å². The Morgan fingerprint density at radius 2 is 1.68 bits per heavy atom. The summed E-state index contributed by atoms with van der Waals surface area (Å²) in [6.45, 7) is 4.01. The SMILES string of the molecule is Cc1ccc(Nc2ccc(NC(=O)c3ccc(C(F)(F)F)cc3)cn2)c(C)c1. The minimum Gasteiger partial charge on any atom is -0.340 e. The topological polar surface area (TPSA) is 54.0 Å². The molecule has 1 aromatic heterocycles. The molecule has 3 rings (SSSR count). The molecule has 28 heavy (non-hydrogen) atoms. The number of hydrogen-bond acceptors (Lipinski definition) is 3. The highest BCUT2D eigenvalue weighted by Crippen LogP contribution is 2.29. The fourth-order valence-corrected chi connectivity index (χ4v) is 2.65. The van der Waals surface area contributed by atoms with E-state index in [0.717, 1.165) is 41.1 Å². The largest absolute Gasteiger partial charge is 0.416 e. The number of nitrogens with zero attached hydrogens (tertiary/aromatic N) is 1. The molecule has 144 valence electrons. The second-order valence-electron chi connectivity index (χ2n) is 6.40. The zero-order valence-corrected chi connectivity index (χ0v) is 15.3. The lowest BCUT2D eigenvalue weighted by atomic mass is 10.1. The van der Waals surface area contributed by atoms with Crippen LogP contribution in [0.4, 0.5) is 30.4 Å². The number of anilines is 3. The van der Waals surface area contributed by atoms with Gasteiger partial charge in [0, 0.05) is 11.3 Å². The first-order valence-electron chi connectivity index (χ1n) is 8.51. The van der Waals surface area contributed by atoms with Crippen molar-refractivity contribution in [2.24, 2.45) is 0 Å². The highest BCUT2D eigenvalue weighted by atomic mass is 19.4. The standard InChI is InChI=1S/C21H18F3N3O/c1-13-3-9-18(14(2)11-13)27-19-10-8-17(12-25-19)26-20(28)15-4-6-16(7-5-15)21(22,23)24/h3-12H,1-2H3,(H,25,27)(H,26,28). The van der Waals surface area contributed by atoms with Gasteiger partial charge in [-0.2, -0.15) is 13.2 Å². The summed E-state index contributed by atoms with van der Waals surface area (Å²) in [5, 5.41) is 5.82. The molecular formula is C21H18F3N3O. The van der Waals surface area contributed by atoms with E-state index in [1.54, 1.807) is 12.1 Å². The highest BCUT2D eigenvalue weighted by Gasteiger charge is 2.30. The number of rotatable bonds is 4. The van der Waals surface area contributed by atoms with Crippen molar-refractivity contribution in [2.75, 3.05) is 10.6 Å². The summed E-state index contributed by atoms with van der Waals surface area (Å²) in [4.78, 5) is 16.4. The molecule has 0 aliphatic carbocycles. The van der Waals surface area contributed by atoms with Gasteiger partial charge in [-0.05, 0) is 61.9 Å². The van der Waals surface area contributed by atoms with Crippen molar-refractivity contribution in [3.05, 3.63) is 83.0 Å². The Morgan fingerprint density at radius 1 is 0.964 bits per heavy atom. The van der Waals surface area contributed by atoms with Crippen LogP contribution in [0.15, 0.2) is 60.8 Å². The van der Waals surface area contributed by atoms with Crippen LogP contribution in [0.1, 0.15) is 27.0 Å². The van der Waals surface area contributed by atoms with E-state index in [4.69, 9.17) is 0 Å². The van der Waals surface area contributed by atoms with Crippen LogP contribution in [0.2, 0.25) is 0 Å². The van der Waals surface area contributed by atoms with Crippen LogP contribution in [0, 0.1) is 13.8 Å². The van der Waals surface area contributed by atoms with E-state index in [-0.39, 0.29) is 5.56 Å². The maximum atomic E-state index is 12.6. The molecule has 1 heterocycles. The predicted molar refractivity (Wildman–Crippen MR) is 103 cm³/mol. The molecule has 0 aliphatic rings. The highest BCUT2D eigenvalue weighted by molar-refractivity contribution is 6.04. The Morgan fingerprint density at radius 3 is 2.25 bits per heavy atom. The average molecular weight is 385 g/mol. The second kappa shape index (κ2) is 7.72. The van der Waals surface area contributed by atoms with E-state index in [0.29, 0.717) is 11.5 Å². The Labute approximate surface area is 160 Å². The monoisotopic (exact) mass is 385 g/mol. The minimum absolute atomic E-state index is 0.130. The summed E-state index contributed by atoms with van der Waals surface area (Å²) < 4.78 is 37.8. The lowest BCUT2D eigenvalue weighted by Gasteiger charge is -2.11. The summed E-state index contributed by atoms with van der Waals surface area (Å²) in [6.07, 6.45) is -2.95. The summed E-state index contributed by atoms with van der Waals surface area (Å²) in [6, 6.07) is 13.4. The molecule has 0 unspecified atom stereocenters. The van der Waals surface area contributed by atoms with Crippen molar-refractivity contribution >= 4 is 23.1 Å². The number of pyridine rings is 1. The second-order valence-corrected chi connectivity index (χ2v) is 6.40. The lowest BCUT2D eigenvalue weighted by Crippen LogP contribution is -2.13. The molecular weight excluding hydrogens is 367 g/mol. The Balaban J connectivity index is 1.66. The Bertz CT molecular complexity index is 981. The van der Waals surface area contributed by atoms with Crippen LogP contribution in [0.5, 0.6) is 0 Å². The minimum atomic E-state index is -4.43. The molecule has 2 N–H and O–H groups in total. The van der Waals surface area contributed by atoms with Crippen LogP contribution in [0.3, 0.4) is 0 Å². The van der Waals surface area contributed by atoms with Crippen LogP contribution in [0.25, 0.3) is 0 Å². The van der Waals surface area contributed by atoms with Crippen LogP contribution >= 0.6 is 0 Å². The molecule has 0 saturated carbocycles. The molecule has 0 spiro atoms.